The molecule has 1 saturated heterocycles. The lowest BCUT2D eigenvalue weighted by atomic mass is 10.2. The van der Waals surface area contributed by atoms with E-state index in [1.165, 1.54) is 6.42 Å². The minimum atomic E-state index is 0.121. The molecule has 3 heterocycles. The van der Waals surface area contributed by atoms with Gasteiger partial charge in [0.2, 0.25) is 11.8 Å². The molecular weight excluding hydrogens is 290 g/mol. The van der Waals surface area contributed by atoms with Crippen molar-refractivity contribution in [1.82, 2.24) is 24.6 Å². The lowest BCUT2D eigenvalue weighted by Crippen LogP contribution is -2.45. The number of nitrogens with zero attached hydrogens (tertiary/aromatic N) is 6. The SMILES string of the molecule is CCc1nc(-c2ccccn2)nn1C(N)=NC(CC)N1CCC1. The molecule has 1 atom stereocenters. The van der Waals surface area contributed by atoms with Gasteiger partial charge in [0, 0.05) is 25.7 Å². The zero-order valence-electron chi connectivity index (χ0n) is 13.7. The molecule has 1 unspecified atom stereocenters. The van der Waals surface area contributed by atoms with Crippen LogP contribution in [0.5, 0.6) is 0 Å². The number of rotatable bonds is 5. The minimum Gasteiger partial charge on any atom is -0.368 e. The van der Waals surface area contributed by atoms with Gasteiger partial charge in [-0.05, 0) is 25.0 Å². The molecule has 122 valence electrons. The number of hydrogen-bond acceptors (Lipinski definition) is 5. The molecule has 0 spiro atoms. The van der Waals surface area contributed by atoms with E-state index in [4.69, 9.17) is 5.73 Å². The molecule has 1 fully saturated rings. The molecule has 1 aliphatic heterocycles. The summed E-state index contributed by atoms with van der Waals surface area (Å²) in [4.78, 5) is 15.8. The summed E-state index contributed by atoms with van der Waals surface area (Å²) in [5.41, 5.74) is 6.96. The first-order chi connectivity index (χ1) is 11.2. The number of aryl methyl sites for hydroxylation is 1. The van der Waals surface area contributed by atoms with E-state index in [2.05, 4.69) is 31.9 Å². The smallest absolute Gasteiger partial charge is 0.219 e. The molecule has 0 bridgehead atoms. The molecule has 7 heteroatoms. The molecular formula is C16H23N7. The van der Waals surface area contributed by atoms with E-state index in [0.717, 1.165) is 37.4 Å². The molecule has 3 rings (SSSR count). The molecule has 0 saturated carbocycles. The Kier molecular flexibility index (Phi) is 4.66. The third-order valence-corrected chi connectivity index (χ3v) is 4.06. The van der Waals surface area contributed by atoms with Gasteiger partial charge in [0.05, 0.1) is 0 Å². The first kappa shape index (κ1) is 15.6. The Bertz CT molecular complexity index is 673. The molecule has 7 nitrogen and oxygen atoms in total. The van der Waals surface area contributed by atoms with E-state index in [0.29, 0.717) is 11.8 Å². The summed E-state index contributed by atoms with van der Waals surface area (Å²) in [6.45, 7) is 6.34. The summed E-state index contributed by atoms with van der Waals surface area (Å²) < 4.78 is 1.65. The van der Waals surface area contributed by atoms with Crippen molar-refractivity contribution in [2.75, 3.05) is 13.1 Å². The molecule has 0 aromatic carbocycles. The van der Waals surface area contributed by atoms with Crippen LogP contribution in [0.1, 0.15) is 32.5 Å². The maximum absolute atomic E-state index is 6.22. The van der Waals surface area contributed by atoms with Crippen molar-refractivity contribution in [3.63, 3.8) is 0 Å². The van der Waals surface area contributed by atoms with Crippen molar-refractivity contribution in [3.8, 4) is 11.5 Å². The van der Waals surface area contributed by atoms with Gasteiger partial charge in [-0.3, -0.25) is 9.88 Å². The topological polar surface area (TPSA) is 85.2 Å². The maximum atomic E-state index is 6.22. The van der Waals surface area contributed by atoms with Gasteiger partial charge in [-0.2, -0.15) is 4.68 Å². The zero-order chi connectivity index (χ0) is 16.2. The van der Waals surface area contributed by atoms with Crippen LogP contribution in [0, 0.1) is 0 Å². The standard InChI is InChI=1S/C16H23N7/c1-3-13(22-10-7-11-22)20-16(17)23-14(4-2)19-15(21-23)12-8-5-6-9-18-12/h5-6,8-9,13H,3-4,7,10-11H2,1-2H3,(H2,17,20). The van der Waals surface area contributed by atoms with E-state index >= 15 is 0 Å². The van der Waals surface area contributed by atoms with E-state index in [9.17, 15) is 0 Å². The highest BCUT2D eigenvalue weighted by Gasteiger charge is 2.23. The Hall–Kier alpha value is -2.28. The summed E-state index contributed by atoms with van der Waals surface area (Å²) in [7, 11) is 0. The number of likely N-dealkylation sites (tertiary alicyclic amines) is 1. The third-order valence-electron chi connectivity index (χ3n) is 4.06. The second-order valence-corrected chi connectivity index (χ2v) is 5.60. The lowest BCUT2D eigenvalue weighted by Gasteiger charge is -2.35. The fraction of sp³-hybridized carbons (Fsp3) is 0.500. The van der Waals surface area contributed by atoms with Crippen LogP contribution in [-0.2, 0) is 6.42 Å². The molecule has 0 radical (unpaired) electrons. The Balaban J connectivity index is 1.90. The van der Waals surface area contributed by atoms with Crippen LogP contribution in [0.4, 0.5) is 0 Å². The third kappa shape index (κ3) is 3.24. The van der Waals surface area contributed by atoms with Crippen molar-refractivity contribution in [2.24, 2.45) is 10.7 Å². The van der Waals surface area contributed by atoms with Crippen LogP contribution >= 0.6 is 0 Å². The van der Waals surface area contributed by atoms with Gasteiger partial charge in [-0.1, -0.05) is 19.9 Å². The van der Waals surface area contributed by atoms with Gasteiger partial charge in [0.25, 0.3) is 0 Å². The van der Waals surface area contributed by atoms with Crippen LogP contribution in [0.2, 0.25) is 0 Å². The summed E-state index contributed by atoms with van der Waals surface area (Å²) in [5, 5.41) is 4.51. The predicted molar refractivity (Wildman–Crippen MR) is 89.9 cm³/mol. The van der Waals surface area contributed by atoms with Crippen molar-refractivity contribution in [2.45, 2.75) is 39.3 Å². The number of aromatic nitrogens is 4. The molecule has 2 aromatic rings. The predicted octanol–water partition coefficient (Wildman–Crippen LogP) is 1.51. The van der Waals surface area contributed by atoms with Crippen molar-refractivity contribution in [3.05, 3.63) is 30.2 Å². The zero-order valence-corrected chi connectivity index (χ0v) is 13.7. The molecule has 0 amide bonds. The quantitative estimate of drug-likeness (QED) is 0.668. The summed E-state index contributed by atoms with van der Waals surface area (Å²) >= 11 is 0. The Morgan fingerprint density at radius 2 is 2.17 bits per heavy atom. The van der Waals surface area contributed by atoms with Crippen molar-refractivity contribution in [1.29, 1.82) is 0 Å². The van der Waals surface area contributed by atoms with Gasteiger partial charge in [-0.25, -0.2) is 9.98 Å². The molecule has 2 N–H and O–H groups in total. The summed E-state index contributed by atoms with van der Waals surface area (Å²) in [6.07, 6.45) is 4.76. The first-order valence-electron chi connectivity index (χ1n) is 8.18. The fourth-order valence-electron chi connectivity index (χ4n) is 2.64. The Morgan fingerprint density at radius 1 is 1.35 bits per heavy atom. The van der Waals surface area contributed by atoms with Gasteiger partial charge >= 0.3 is 0 Å². The van der Waals surface area contributed by atoms with E-state index in [-0.39, 0.29) is 6.17 Å². The maximum Gasteiger partial charge on any atom is 0.219 e. The van der Waals surface area contributed by atoms with Crippen molar-refractivity contribution < 1.29 is 0 Å². The number of pyridine rings is 1. The second-order valence-electron chi connectivity index (χ2n) is 5.60. The van der Waals surface area contributed by atoms with Crippen LogP contribution in [0.3, 0.4) is 0 Å². The Morgan fingerprint density at radius 3 is 2.74 bits per heavy atom. The lowest BCUT2D eigenvalue weighted by molar-refractivity contribution is 0.119. The van der Waals surface area contributed by atoms with Gasteiger partial charge in [0.1, 0.15) is 17.7 Å². The van der Waals surface area contributed by atoms with Gasteiger partial charge < -0.3 is 5.73 Å². The number of nitrogens with two attached hydrogens (primary N) is 1. The highest BCUT2D eigenvalue weighted by molar-refractivity contribution is 5.80. The minimum absolute atomic E-state index is 0.121. The van der Waals surface area contributed by atoms with E-state index < -0.39 is 0 Å². The highest BCUT2D eigenvalue weighted by Crippen LogP contribution is 2.16. The molecule has 23 heavy (non-hydrogen) atoms. The van der Waals surface area contributed by atoms with Gasteiger partial charge in [-0.15, -0.1) is 5.10 Å². The molecule has 2 aromatic heterocycles. The van der Waals surface area contributed by atoms with E-state index in [1.54, 1.807) is 10.9 Å². The van der Waals surface area contributed by atoms with E-state index in [1.807, 2.05) is 25.1 Å². The largest absolute Gasteiger partial charge is 0.368 e. The van der Waals surface area contributed by atoms with Crippen LogP contribution < -0.4 is 5.73 Å². The summed E-state index contributed by atoms with van der Waals surface area (Å²) in [6, 6.07) is 5.68. The Labute approximate surface area is 136 Å². The molecule has 0 aliphatic carbocycles. The second kappa shape index (κ2) is 6.87. The van der Waals surface area contributed by atoms with Crippen molar-refractivity contribution >= 4 is 5.96 Å². The van der Waals surface area contributed by atoms with Crippen LogP contribution in [0.15, 0.2) is 29.4 Å². The number of aliphatic imine (C=N–C) groups is 1. The molecule has 1 aliphatic rings. The average Bonchev–Trinajstić information content (AvgIpc) is 2.97. The first-order valence-corrected chi connectivity index (χ1v) is 8.18. The highest BCUT2D eigenvalue weighted by atomic mass is 15.4. The number of hydrogen-bond donors (Lipinski definition) is 1. The normalized spacial score (nSPS) is 17.0. The van der Waals surface area contributed by atoms with Gasteiger partial charge in [0.15, 0.2) is 0 Å². The summed E-state index contributed by atoms with van der Waals surface area (Å²) in [5.74, 6) is 1.78. The van der Waals surface area contributed by atoms with Crippen LogP contribution in [-0.4, -0.2) is 49.9 Å². The monoisotopic (exact) mass is 313 g/mol. The average molecular weight is 313 g/mol. The van der Waals surface area contributed by atoms with Crippen LogP contribution in [0.25, 0.3) is 11.5 Å². The fourth-order valence-corrected chi connectivity index (χ4v) is 2.64.